The maximum atomic E-state index is 2.45. The van der Waals surface area contributed by atoms with E-state index in [1.165, 1.54) is 0 Å². The van der Waals surface area contributed by atoms with Gasteiger partial charge in [-0.2, -0.15) is 0 Å². The number of rotatable bonds is 1. The summed E-state index contributed by atoms with van der Waals surface area (Å²) in [7, 11) is 2.18. The average molecular weight is 216 g/mol. The Morgan fingerprint density at radius 3 is 1.58 bits per heavy atom. The van der Waals surface area contributed by atoms with Crippen LogP contribution in [0.4, 0.5) is 0 Å². The quantitative estimate of drug-likeness (QED) is 0.430. The fourth-order valence-electron chi connectivity index (χ4n) is 1.16. The van der Waals surface area contributed by atoms with Crippen molar-refractivity contribution in [3.63, 3.8) is 0 Å². The Hall–Kier alpha value is 0.557. The van der Waals surface area contributed by atoms with Crippen LogP contribution in [0.15, 0.2) is 10.3 Å². The standard InChI is InChI=1S/C9H18P2Si/c1-9(2,3)7-8(11-10-7)12(4,5)6/h1-6H3. The average Bonchev–Trinajstić information content (AvgIpc) is 1.46. The minimum Gasteiger partial charge on any atom is -0.0653 e. The zero-order valence-corrected chi connectivity index (χ0v) is 11.7. The lowest BCUT2D eigenvalue weighted by atomic mass is 9.97. The highest BCUT2D eigenvalue weighted by Gasteiger charge is 2.31. The van der Waals surface area contributed by atoms with E-state index in [2.05, 4.69) is 40.4 Å². The first-order valence-corrected chi connectivity index (χ1v) is 10.4. The summed E-state index contributed by atoms with van der Waals surface area (Å²) >= 11 is 0. The van der Waals surface area contributed by atoms with Gasteiger partial charge < -0.3 is 0 Å². The van der Waals surface area contributed by atoms with Gasteiger partial charge in [0.15, 0.2) is 0 Å². The van der Waals surface area contributed by atoms with Gasteiger partial charge in [-0.15, -0.1) is 0 Å². The van der Waals surface area contributed by atoms with Crippen LogP contribution in [0.2, 0.25) is 19.6 Å². The molecule has 1 heterocycles. The van der Waals surface area contributed by atoms with Crippen molar-refractivity contribution in [1.29, 1.82) is 0 Å². The predicted molar refractivity (Wildman–Crippen MR) is 63.7 cm³/mol. The molecule has 0 aliphatic carbocycles. The van der Waals surface area contributed by atoms with Crippen molar-refractivity contribution in [1.82, 2.24) is 0 Å². The Morgan fingerprint density at radius 2 is 1.50 bits per heavy atom. The lowest BCUT2D eigenvalue weighted by Crippen LogP contribution is -2.26. The molecule has 12 heavy (non-hydrogen) atoms. The normalized spacial score (nSPS) is 20.8. The Bertz CT molecular complexity index is 225. The van der Waals surface area contributed by atoms with Crippen molar-refractivity contribution in [3.8, 4) is 0 Å². The molecule has 0 saturated carbocycles. The van der Waals surface area contributed by atoms with Crippen LogP contribution in [0, 0.1) is 5.41 Å². The largest absolute Gasteiger partial charge is 0.0848 e. The summed E-state index contributed by atoms with van der Waals surface area (Å²) in [5.74, 6) is 0. The Labute approximate surface area is 80.3 Å². The molecule has 3 heteroatoms. The van der Waals surface area contributed by atoms with E-state index < -0.39 is 8.07 Å². The second-order valence-electron chi connectivity index (χ2n) is 5.40. The van der Waals surface area contributed by atoms with Gasteiger partial charge in [-0.3, -0.25) is 0 Å². The van der Waals surface area contributed by atoms with Crippen LogP contribution >= 0.6 is 15.7 Å². The van der Waals surface area contributed by atoms with E-state index in [0.717, 1.165) is 0 Å². The third kappa shape index (κ3) is 2.07. The molecule has 0 N–H and O–H groups in total. The number of hydrogen-bond donors (Lipinski definition) is 0. The van der Waals surface area contributed by atoms with Crippen LogP contribution in [-0.2, 0) is 0 Å². The zero-order chi connectivity index (χ0) is 9.57. The van der Waals surface area contributed by atoms with Crippen LogP contribution in [0.1, 0.15) is 20.8 Å². The monoisotopic (exact) mass is 216 g/mol. The molecule has 0 bridgehead atoms. The lowest BCUT2D eigenvalue weighted by molar-refractivity contribution is 0.532. The molecular formula is C9H18P2Si. The Morgan fingerprint density at radius 1 is 1.00 bits per heavy atom. The lowest BCUT2D eigenvalue weighted by Gasteiger charge is -2.32. The van der Waals surface area contributed by atoms with Crippen molar-refractivity contribution in [3.05, 3.63) is 10.3 Å². The van der Waals surface area contributed by atoms with Crippen molar-refractivity contribution >= 4 is 23.8 Å². The summed E-state index contributed by atoms with van der Waals surface area (Å²) < 4.78 is 0. The second-order valence-corrected chi connectivity index (χ2v) is 13.3. The summed E-state index contributed by atoms with van der Waals surface area (Å²) in [5.41, 5.74) is 0.419. The van der Waals surface area contributed by atoms with Gasteiger partial charge in [0.2, 0.25) is 0 Å². The topological polar surface area (TPSA) is 0 Å². The van der Waals surface area contributed by atoms with Gasteiger partial charge in [-0.1, -0.05) is 40.4 Å². The Kier molecular flexibility index (Phi) is 2.70. The maximum absolute atomic E-state index is 2.45. The zero-order valence-electron chi connectivity index (χ0n) is 8.89. The molecule has 0 unspecified atom stereocenters. The van der Waals surface area contributed by atoms with Crippen LogP contribution in [0.3, 0.4) is 0 Å². The second kappa shape index (κ2) is 3.05. The molecule has 0 aromatic heterocycles. The highest BCUT2D eigenvalue weighted by molar-refractivity contribution is 7.93. The number of allylic oxidation sites excluding steroid dienone is 1. The molecule has 1 rings (SSSR count). The van der Waals surface area contributed by atoms with Crippen molar-refractivity contribution < 1.29 is 0 Å². The molecular weight excluding hydrogens is 198 g/mol. The van der Waals surface area contributed by atoms with E-state index in [9.17, 15) is 0 Å². The van der Waals surface area contributed by atoms with Gasteiger partial charge in [-0.25, -0.2) is 0 Å². The molecule has 0 amide bonds. The van der Waals surface area contributed by atoms with Gasteiger partial charge in [0.05, 0.1) is 8.07 Å². The molecule has 0 spiro atoms. The molecule has 0 saturated heterocycles. The summed E-state index contributed by atoms with van der Waals surface area (Å²) in [6.07, 6.45) is 0. The highest BCUT2D eigenvalue weighted by Crippen LogP contribution is 2.56. The minimum atomic E-state index is -0.986. The first-order valence-electron chi connectivity index (χ1n) is 4.40. The third-order valence-corrected chi connectivity index (χ3v) is 9.98. The van der Waals surface area contributed by atoms with E-state index in [1.54, 1.807) is 26.0 Å². The van der Waals surface area contributed by atoms with Crippen LogP contribution in [0.5, 0.6) is 0 Å². The molecule has 1 aliphatic rings. The number of hydrogen-bond acceptors (Lipinski definition) is 0. The predicted octanol–water partition coefficient (Wildman–Crippen LogP) is 4.94. The van der Waals surface area contributed by atoms with E-state index in [4.69, 9.17) is 0 Å². The van der Waals surface area contributed by atoms with E-state index in [1.807, 2.05) is 0 Å². The summed E-state index contributed by atoms with van der Waals surface area (Å²) in [6.45, 7) is 14.4. The van der Waals surface area contributed by atoms with Crippen molar-refractivity contribution in [2.45, 2.75) is 40.4 Å². The molecule has 0 fully saturated rings. The van der Waals surface area contributed by atoms with Crippen molar-refractivity contribution in [2.24, 2.45) is 5.41 Å². The van der Waals surface area contributed by atoms with Gasteiger partial charge in [0, 0.05) is 0 Å². The maximum Gasteiger partial charge on any atom is 0.0848 e. The molecule has 0 atom stereocenters. The summed E-state index contributed by atoms with van der Waals surface area (Å²) in [5, 5.41) is 1.73. The van der Waals surface area contributed by atoms with Crippen LogP contribution < -0.4 is 0 Å². The Balaban J connectivity index is 2.95. The first-order chi connectivity index (χ1) is 5.23. The first kappa shape index (κ1) is 10.6. The fraction of sp³-hybridized carbons (Fsp3) is 0.778. The van der Waals surface area contributed by atoms with Gasteiger partial charge >= 0.3 is 0 Å². The molecule has 0 nitrogen and oxygen atoms in total. The molecule has 0 radical (unpaired) electrons. The molecule has 0 aromatic carbocycles. The summed E-state index contributed by atoms with van der Waals surface area (Å²) in [4.78, 5) is 1.80. The van der Waals surface area contributed by atoms with E-state index >= 15 is 0 Å². The fourth-order valence-corrected chi connectivity index (χ4v) is 10.8. The van der Waals surface area contributed by atoms with Gasteiger partial charge in [0.1, 0.15) is 0 Å². The van der Waals surface area contributed by atoms with Gasteiger partial charge in [-0.05, 0) is 31.4 Å². The minimum absolute atomic E-state index is 0.419. The van der Waals surface area contributed by atoms with E-state index in [0.29, 0.717) is 5.41 Å². The third-order valence-electron chi connectivity index (χ3n) is 1.90. The molecule has 0 aromatic rings. The summed E-state index contributed by atoms with van der Waals surface area (Å²) in [6, 6.07) is 0. The van der Waals surface area contributed by atoms with Gasteiger partial charge in [0.25, 0.3) is 0 Å². The SMILES string of the molecule is CC(C)(C)C1=C([Si](C)(C)C)P=P1. The molecule has 1 aliphatic heterocycles. The van der Waals surface area contributed by atoms with E-state index in [-0.39, 0.29) is 0 Å². The highest BCUT2D eigenvalue weighted by atomic mass is 31.7. The van der Waals surface area contributed by atoms with Crippen LogP contribution in [-0.4, -0.2) is 8.07 Å². The van der Waals surface area contributed by atoms with Crippen molar-refractivity contribution in [2.75, 3.05) is 0 Å². The smallest absolute Gasteiger partial charge is 0.0653 e. The molecule has 68 valence electrons. The van der Waals surface area contributed by atoms with Crippen LogP contribution in [0.25, 0.3) is 0 Å².